The molecule has 0 atom stereocenters. The number of hydrogen-bond acceptors (Lipinski definition) is 3. The molecule has 1 fully saturated rings. The molecule has 0 radical (unpaired) electrons. The van der Waals surface area contributed by atoms with Crippen LogP contribution in [0.3, 0.4) is 0 Å². The standard InChI is InChI=1S/C21H21F2N3OS/c1-13-20(24-28-12-15-5-3-4-6-18(15)22)21(27)26(25(13)2)16-9-10-19(23)17(11-16)14-7-8-14/h3-6,9-11,14,24H,7-8,12H2,1-2H3. The van der Waals surface area contributed by atoms with Crippen LogP contribution in [0.15, 0.2) is 47.3 Å². The van der Waals surface area contributed by atoms with E-state index in [1.54, 1.807) is 42.1 Å². The van der Waals surface area contributed by atoms with Gasteiger partial charge < -0.3 is 4.72 Å². The average Bonchev–Trinajstić information content (AvgIpc) is 3.49. The molecule has 4 rings (SSSR count). The summed E-state index contributed by atoms with van der Waals surface area (Å²) in [6.07, 6.45) is 1.97. The van der Waals surface area contributed by atoms with Crippen molar-refractivity contribution in [2.24, 2.45) is 7.05 Å². The summed E-state index contributed by atoms with van der Waals surface area (Å²) < 4.78 is 34.2. The van der Waals surface area contributed by atoms with Crippen molar-refractivity contribution < 1.29 is 8.78 Å². The van der Waals surface area contributed by atoms with Crippen molar-refractivity contribution in [3.8, 4) is 5.69 Å². The van der Waals surface area contributed by atoms with Crippen molar-refractivity contribution in [1.29, 1.82) is 0 Å². The Morgan fingerprint density at radius 2 is 1.89 bits per heavy atom. The van der Waals surface area contributed by atoms with E-state index in [9.17, 15) is 13.6 Å². The number of aromatic nitrogens is 2. The average molecular weight is 401 g/mol. The zero-order valence-electron chi connectivity index (χ0n) is 15.7. The smallest absolute Gasteiger partial charge is 0.295 e. The van der Waals surface area contributed by atoms with E-state index in [1.807, 2.05) is 6.92 Å². The van der Waals surface area contributed by atoms with Crippen LogP contribution in [0.1, 0.15) is 35.6 Å². The third-order valence-corrected chi connectivity index (χ3v) is 5.96. The fourth-order valence-corrected chi connectivity index (χ4v) is 4.13. The molecule has 0 saturated heterocycles. The second kappa shape index (κ2) is 7.47. The van der Waals surface area contributed by atoms with Gasteiger partial charge in [-0.3, -0.25) is 9.48 Å². The van der Waals surface area contributed by atoms with Crippen LogP contribution < -0.4 is 10.3 Å². The number of halogens is 2. The van der Waals surface area contributed by atoms with E-state index in [0.717, 1.165) is 18.5 Å². The first-order chi connectivity index (χ1) is 13.5. The second-order valence-electron chi connectivity index (χ2n) is 7.06. The lowest BCUT2D eigenvalue weighted by Crippen LogP contribution is -2.20. The molecule has 1 saturated carbocycles. The fraction of sp³-hybridized carbons (Fsp3) is 0.286. The molecule has 146 valence electrons. The van der Waals surface area contributed by atoms with Gasteiger partial charge in [0.2, 0.25) is 0 Å². The Morgan fingerprint density at radius 3 is 2.61 bits per heavy atom. The minimum absolute atomic E-state index is 0.214. The molecule has 1 aliphatic rings. The summed E-state index contributed by atoms with van der Waals surface area (Å²) in [7, 11) is 1.80. The predicted octanol–water partition coefficient (Wildman–Crippen LogP) is 4.90. The zero-order chi connectivity index (χ0) is 19.8. The van der Waals surface area contributed by atoms with Crippen molar-refractivity contribution in [1.82, 2.24) is 9.36 Å². The Morgan fingerprint density at radius 1 is 1.14 bits per heavy atom. The van der Waals surface area contributed by atoms with Gasteiger partial charge in [0.25, 0.3) is 5.56 Å². The molecule has 4 nitrogen and oxygen atoms in total. The molecule has 7 heteroatoms. The van der Waals surface area contributed by atoms with Crippen LogP contribution in [0.25, 0.3) is 5.69 Å². The van der Waals surface area contributed by atoms with Gasteiger partial charge in [-0.25, -0.2) is 13.5 Å². The fourth-order valence-electron chi connectivity index (χ4n) is 3.29. The van der Waals surface area contributed by atoms with Crippen LogP contribution in [0.5, 0.6) is 0 Å². The second-order valence-corrected chi connectivity index (χ2v) is 7.84. The molecule has 1 aromatic heterocycles. The lowest BCUT2D eigenvalue weighted by Gasteiger charge is -2.10. The molecular weight excluding hydrogens is 380 g/mol. The molecule has 0 amide bonds. The van der Waals surface area contributed by atoms with E-state index in [2.05, 4.69) is 4.72 Å². The third-order valence-electron chi connectivity index (χ3n) is 5.15. The molecule has 0 spiro atoms. The Balaban J connectivity index is 1.60. The summed E-state index contributed by atoms with van der Waals surface area (Å²) in [5.74, 6) is 0.163. The summed E-state index contributed by atoms with van der Waals surface area (Å²) in [5.41, 5.74) is 2.87. The Labute approximate surface area is 166 Å². The van der Waals surface area contributed by atoms with Gasteiger partial charge in [-0.1, -0.05) is 18.2 Å². The van der Waals surface area contributed by atoms with Crippen molar-refractivity contribution in [3.05, 3.63) is 81.3 Å². The summed E-state index contributed by atoms with van der Waals surface area (Å²) >= 11 is 1.26. The Bertz CT molecular complexity index is 1090. The lowest BCUT2D eigenvalue weighted by molar-refractivity contribution is 0.602. The monoisotopic (exact) mass is 401 g/mol. The van der Waals surface area contributed by atoms with Crippen LogP contribution in [-0.4, -0.2) is 9.36 Å². The van der Waals surface area contributed by atoms with Crippen LogP contribution in [-0.2, 0) is 12.8 Å². The molecule has 3 aromatic rings. The van der Waals surface area contributed by atoms with Gasteiger partial charge in [-0.05, 0) is 73.0 Å². The molecule has 0 aliphatic heterocycles. The maximum absolute atomic E-state index is 14.1. The van der Waals surface area contributed by atoms with Crippen molar-refractivity contribution >= 4 is 17.6 Å². The van der Waals surface area contributed by atoms with Gasteiger partial charge in [0.05, 0.1) is 11.4 Å². The molecule has 2 aromatic carbocycles. The molecule has 0 unspecified atom stereocenters. The number of nitrogens with zero attached hydrogens (tertiary/aromatic N) is 2. The number of nitrogens with one attached hydrogen (secondary N) is 1. The van der Waals surface area contributed by atoms with E-state index in [-0.39, 0.29) is 23.1 Å². The topological polar surface area (TPSA) is 39.0 Å². The zero-order valence-corrected chi connectivity index (χ0v) is 16.5. The molecule has 0 bridgehead atoms. The first kappa shape index (κ1) is 18.8. The van der Waals surface area contributed by atoms with Gasteiger partial charge in [0.1, 0.15) is 17.3 Å². The largest absolute Gasteiger partial charge is 0.323 e. The highest BCUT2D eigenvalue weighted by Crippen LogP contribution is 2.41. The van der Waals surface area contributed by atoms with Crippen LogP contribution >= 0.6 is 11.9 Å². The minimum Gasteiger partial charge on any atom is -0.323 e. The number of benzene rings is 2. The Hall–Kier alpha value is -2.54. The maximum Gasteiger partial charge on any atom is 0.295 e. The number of anilines is 1. The normalized spacial score (nSPS) is 13.7. The van der Waals surface area contributed by atoms with Crippen LogP contribution in [0, 0.1) is 18.6 Å². The quantitative estimate of drug-likeness (QED) is 0.597. The van der Waals surface area contributed by atoms with Gasteiger partial charge >= 0.3 is 0 Å². The van der Waals surface area contributed by atoms with E-state index in [0.29, 0.717) is 28.3 Å². The number of hydrogen-bond donors (Lipinski definition) is 1. The van der Waals surface area contributed by atoms with E-state index in [4.69, 9.17) is 0 Å². The van der Waals surface area contributed by atoms with Crippen molar-refractivity contribution in [3.63, 3.8) is 0 Å². The third kappa shape index (κ3) is 3.46. The highest BCUT2D eigenvalue weighted by atomic mass is 32.2. The number of rotatable bonds is 6. The lowest BCUT2D eigenvalue weighted by atomic mass is 10.1. The van der Waals surface area contributed by atoms with Crippen LogP contribution in [0.4, 0.5) is 14.5 Å². The van der Waals surface area contributed by atoms with Gasteiger partial charge in [-0.2, -0.15) is 0 Å². The van der Waals surface area contributed by atoms with E-state index in [1.165, 1.54) is 28.8 Å². The summed E-state index contributed by atoms with van der Waals surface area (Å²) in [4.78, 5) is 13.0. The van der Waals surface area contributed by atoms with Crippen molar-refractivity contribution in [2.45, 2.75) is 31.4 Å². The highest BCUT2D eigenvalue weighted by Gasteiger charge is 2.27. The SMILES string of the molecule is Cc1c(NSCc2ccccc2F)c(=O)n(-c2ccc(F)c(C3CC3)c2)n1C. The first-order valence-electron chi connectivity index (χ1n) is 9.17. The van der Waals surface area contributed by atoms with Gasteiger partial charge in [0.15, 0.2) is 0 Å². The highest BCUT2D eigenvalue weighted by molar-refractivity contribution is 7.99. The summed E-state index contributed by atoms with van der Waals surface area (Å²) in [6, 6.07) is 11.4. The minimum atomic E-state index is -0.266. The van der Waals surface area contributed by atoms with Gasteiger partial charge in [-0.15, -0.1) is 0 Å². The summed E-state index contributed by atoms with van der Waals surface area (Å²) in [6.45, 7) is 1.84. The molecule has 1 N–H and O–H groups in total. The molecule has 1 aliphatic carbocycles. The van der Waals surface area contributed by atoms with Crippen molar-refractivity contribution in [2.75, 3.05) is 4.72 Å². The Kier molecular flexibility index (Phi) is 5.02. The summed E-state index contributed by atoms with van der Waals surface area (Å²) in [5, 5.41) is 0. The van der Waals surface area contributed by atoms with Crippen LogP contribution in [0.2, 0.25) is 0 Å². The van der Waals surface area contributed by atoms with E-state index < -0.39 is 0 Å². The molecule has 1 heterocycles. The molecule has 28 heavy (non-hydrogen) atoms. The first-order valence-corrected chi connectivity index (χ1v) is 10.2. The predicted molar refractivity (Wildman–Crippen MR) is 109 cm³/mol. The maximum atomic E-state index is 14.1. The van der Waals surface area contributed by atoms with E-state index >= 15 is 0 Å². The molecular formula is C21H21F2N3OS. The van der Waals surface area contributed by atoms with Gasteiger partial charge in [0, 0.05) is 12.8 Å².